The molecule has 0 amide bonds. The largest absolute Gasteiger partial charge is 0.461 e. The maximum atomic E-state index is 11.2. The number of esters is 1. The van der Waals surface area contributed by atoms with Gasteiger partial charge in [0.05, 0.1) is 11.7 Å². The third-order valence-corrected chi connectivity index (χ3v) is 2.75. The average Bonchev–Trinajstić information content (AvgIpc) is 2.26. The number of hydrogen-bond donors (Lipinski definition) is 1. The molecule has 1 aromatic rings. The quantitative estimate of drug-likeness (QED) is 0.647. The Balaban J connectivity index is 2.51. The Morgan fingerprint density at radius 1 is 1.29 bits per heavy atom. The van der Waals surface area contributed by atoms with Crippen molar-refractivity contribution in [3.8, 4) is 0 Å². The van der Waals surface area contributed by atoms with Crippen molar-refractivity contribution in [2.75, 3.05) is 0 Å². The van der Waals surface area contributed by atoms with Crippen LogP contribution in [0.3, 0.4) is 0 Å². The summed E-state index contributed by atoms with van der Waals surface area (Å²) in [5.41, 5.74) is 1.65. The standard InChI is InChI=1S/C12H16O4S/c1-9(2)12(13)16-7-10-3-5-11(6-4-10)8-17(14)15/h3-6,9H,7-8H2,1-2H3,(H,14,15). The van der Waals surface area contributed by atoms with Gasteiger partial charge < -0.3 is 9.29 Å². The molecule has 1 unspecified atom stereocenters. The first-order valence-electron chi connectivity index (χ1n) is 5.31. The molecule has 0 aromatic heterocycles. The number of rotatable bonds is 5. The molecule has 0 saturated carbocycles. The van der Waals surface area contributed by atoms with Gasteiger partial charge >= 0.3 is 5.97 Å². The normalized spacial score (nSPS) is 12.5. The van der Waals surface area contributed by atoms with E-state index in [4.69, 9.17) is 9.29 Å². The first-order chi connectivity index (χ1) is 7.99. The van der Waals surface area contributed by atoms with Crippen molar-refractivity contribution in [2.45, 2.75) is 26.2 Å². The first-order valence-corrected chi connectivity index (χ1v) is 6.58. The summed E-state index contributed by atoms with van der Waals surface area (Å²) in [6.07, 6.45) is 0. The Hall–Kier alpha value is -1.20. The van der Waals surface area contributed by atoms with E-state index in [0.29, 0.717) is 0 Å². The van der Waals surface area contributed by atoms with Crippen LogP contribution in [0.4, 0.5) is 0 Å². The van der Waals surface area contributed by atoms with Crippen LogP contribution in [0.1, 0.15) is 25.0 Å². The summed E-state index contributed by atoms with van der Waals surface area (Å²) < 4.78 is 24.4. The van der Waals surface area contributed by atoms with E-state index in [1.807, 2.05) is 0 Å². The maximum Gasteiger partial charge on any atom is 0.308 e. The van der Waals surface area contributed by atoms with Gasteiger partial charge in [-0.25, -0.2) is 4.21 Å². The Bertz CT molecular complexity index is 397. The smallest absolute Gasteiger partial charge is 0.308 e. The summed E-state index contributed by atoms with van der Waals surface area (Å²) in [5.74, 6) is -0.247. The van der Waals surface area contributed by atoms with Crippen LogP contribution in [0.5, 0.6) is 0 Å². The molecule has 0 aliphatic heterocycles. The van der Waals surface area contributed by atoms with Crippen molar-refractivity contribution in [3.63, 3.8) is 0 Å². The van der Waals surface area contributed by atoms with Crippen LogP contribution in [0.2, 0.25) is 0 Å². The highest BCUT2D eigenvalue weighted by molar-refractivity contribution is 7.78. The fourth-order valence-corrected chi connectivity index (χ4v) is 1.67. The highest BCUT2D eigenvalue weighted by Crippen LogP contribution is 2.08. The predicted molar refractivity (Wildman–Crippen MR) is 65.6 cm³/mol. The van der Waals surface area contributed by atoms with Crippen LogP contribution in [0.25, 0.3) is 0 Å². The van der Waals surface area contributed by atoms with E-state index < -0.39 is 11.1 Å². The molecule has 0 saturated heterocycles. The molecule has 0 fully saturated rings. The topological polar surface area (TPSA) is 63.6 Å². The van der Waals surface area contributed by atoms with Crippen LogP contribution in [-0.4, -0.2) is 14.7 Å². The van der Waals surface area contributed by atoms with E-state index >= 15 is 0 Å². The lowest BCUT2D eigenvalue weighted by atomic mass is 10.1. The van der Waals surface area contributed by atoms with Crippen molar-refractivity contribution in [2.24, 2.45) is 5.92 Å². The molecule has 1 aromatic carbocycles. The summed E-state index contributed by atoms with van der Waals surface area (Å²) in [7, 11) is 0. The Kier molecular flexibility index (Phi) is 5.31. The molecule has 94 valence electrons. The van der Waals surface area contributed by atoms with Gasteiger partial charge in [0.1, 0.15) is 6.61 Å². The van der Waals surface area contributed by atoms with E-state index in [-0.39, 0.29) is 24.2 Å². The molecule has 0 aliphatic rings. The van der Waals surface area contributed by atoms with Gasteiger partial charge in [0.2, 0.25) is 0 Å². The van der Waals surface area contributed by atoms with Gasteiger partial charge in [0.25, 0.3) is 0 Å². The molecule has 4 nitrogen and oxygen atoms in total. The molecule has 1 rings (SSSR count). The van der Waals surface area contributed by atoms with Crippen molar-refractivity contribution in [1.29, 1.82) is 0 Å². The summed E-state index contributed by atoms with van der Waals surface area (Å²) in [4.78, 5) is 11.2. The Labute approximate surface area is 103 Å². The van der Waals surface area contributed by atoms with Crippen molar-refractivity contribution in [3.05, 3.63) is 35.4 Å². The van der Waals surface area contributed by atoms with Gasteiger partial charge in [-0.05, 0) is 11.1 Å². The zero-order valence-electron chi connectivity index (χ0n) is 9.88. The van der Waals surface area contributed by atoms with Crippen LogP contribution >= 0.6 is 0 Å². The third kappa shape index (κ3) is 5.10. The number of carbonyl (C=O) groups is 1. The van der Waals surface area contributed by atoms with Crippen LogP contribution in [0.15, 0.2) is 24.3 Å². The second-order valence-corrected chi connectivity index (χ2v) is 4.98. The monoisotopic (exact) mass is 256 g/mol. The zero-order chi connectivity index (χ0) is 12.8. The van der Waals surface area contributed by atoms with Crippen molar-refractivity contribution in [1.82, 2.24) is 0 Å². The highest BCUT2D eigenvalue weighted by atomic mass is 32.2. The van der Waals surface area contributed by atoms with E-state index in [1.165, 1.54) is 0 Å². The van der Waals surface area contributed by atoms with Crippen LogP contribution in [0, 0.1) is 5.92 Å². The second-order valence-electron chi connectivity index (χ2n) is 4.04. The first kappa shape index (κ1) is 13.9. The molecular weight excluding hydrogens is 240 g/mol. The van der Waals surface area contributed by atoms with Gasteiger partial charge in [-0.1, -0.05) is 38.1 Å². The van der Waals surface area contributed by atoms with Crippen LogP contribution in [-0.2, 0) is 33.0 Å². The molecular formula is C12H16O4S. The number of benzene rings is 1. The number of carbonyl (C=O) groups excluding carboxylic acids is 1. The SMILES string of the molecule is CC(C)C(=O)OCc1ccc(CS(=O)O)cc1. The van der Waals surface area contributed by atoms with Gasteiger partial charge in [-0.2, -0.15) is 0 Å². The summed E-state index contributed by atoms with van der Waals surface area (Å²) in [5, 5.41) is 0. The molecule has 17 heavy (non-hydrogen) atoms. The molecule has 0 aliphatic carbocycles. The summed E-state index contributed by atoms with van der Waals surface area (Å²) in [6.45, 7) is 3.80. The minimum atomic E-state index is -1.83. The molecule has 0 spiro atoms. The molecule has 0 heterocycles. The van der Waals surface area contributed by atoms with Gasteiger partial charge in [0, 0.05) is 0 Å². The summed E-state index contributed by atoms with van der Waals surface area (Å²) in [6, 6.07) is 7.09. The average molecular weight is 256 g/mol. The molecule has 1 N–H and O–H groups in total. The Morgan fingerprint density at radius 3 is 2.29 bits per heavy atom. The van der Waals surface area contributed by atoms with E-state index in [0.717, 1.165) is 11.1 Å². The third-order valence-electron chi connectivity index (χ3n) is 2.17. The molecule has 5 heteroatoms. The van der Waals surface area contributed by atoms with Crippen molar-refractivity contribution < 1.29 is 18.3 Å². The van der Waals surface area contributed by atoms with E-state index in [1.54, 1.807) is 38.1 Å². The van der Waals surface area contributed by atoms with Gasteiger partial charge in [-0.15, -0.1) is 0 Å². The maximum absolute atomic E-state index is 11.2. The molecule has 0 bridgehead atoms. The fourth-order valence-electron chi connectivity index (χ4n) is 1.20. The van der Waals surface area contributed by atoms with E-state index in [2.05, 4.69) is 0 Å². The van der Waals surface area contributed by atoms with Gasteiger partial charge in [-0.3, -0.25) is 4.79 Å². The lowest BCUT2D eigenvalue weighted by molar-refractivity contribution is -0.148. The number of ether oxygens (including phenoxy) is 1. The lowest BCUT2D eigenvalue weighted by Crippen LogP contribution is -2.11. The minimum Gasteiger partial charge on any atom is -0.461 e. The lowest BCUT2D eigenvalue weighted by Gasteiger charge is -2.07. The van der Waals surface area contributed by atoms with Crippen molar-refractivity contribution >= 4 is 17.0 Å². The predicted octanol–water partition coefficient (Wildman–Crippen LogP) is 2.11. The zero-order valence-corrected chi connectivity index (χ0v) is 10.7. The second kappa shape index (κ2) is 6.51. The highest BCUT2D eigenvalue weighted by Gasteiger charge is 2.08. The Morgan fingerprint density at radius 2 is 1.82 bits per heavy atom. The van der Waals surface area contributed by atoms with Crippen LogP contribution < -0.4 is 0 Å². The fraction of sp³-hybridized carbons (Fsp3) is 0.417. The molecule has 0 radical (unpaired) electrons. The van der Waals surface area contributed by atoms with Gasteiger partial charge in [0.15, 0.2) is 11.1 Å². The summed E-state index contributed by atoms with van der Waals surface area (Å²) >= 11 is -1.83. The van der Waals surface area contributed by atoms with E-state index in [9.17, 15) is 9.00 Å². The minimum absolute atomic E-state index is 0.117. The number of hydrogen-bond acceptors (Lipinski definition) is 3. The molecule has 1 atom stereocenters.